The number of benzene rings is 2. The number of hydrogen-bond donors (Lipinski definition) is 2. The summed E-state index contributed by atoms with van der Waals surface area (Å²) >= 11 is 1.21. The molecule has 7 nitrogen and oxygen atoms in total. The van der Waals surface area contributed by atoms with Crippen molar-refractivity contribution in [3.05, 3.63) is 65.2 Å². The van der Waals surface area contributed by atoms with Gasteiger partial charge >= 0.3 is 0 Å². The fourth-order valence-electron chi connectivity index (χ4n) is 3.71. The molecule has 1 aromatic heterocycles. The highest BCUT2D eigenvalue weighted by Gasteiger charge is 2.26. The van der Waals surface area contributed by atoms with Crippen molar-refractivity contribution in [1.29, 1.82) is 0 Å². The zero-order chi connectivity index (χ0) is 22.0. The van der Waals surface area contributed by atoms with Gasteiger partial charge in [0.05, 0.1) is 4.90 Å². The van der Waals surface area contributed by atoms with Gasteiger partial charge in [0.15, 0.2) is 5.13 Å². The van der Waals surface area contributed by atoms with E-state index < -0.39 is 10.0 Å². The second kappa shape index (κ2) is 8.68. The topological polar surface area (TPSA) is 91.4 Å². The molecule has 9 heteroatoms. The molecule has 4 rings (SSSR count). The van der Waals surface area contributed by atoms with Gasteiger partial charge in [-0.15, -0.1) is 11.3 Å². The zero-order valence-corrected chi connectivity index (χ0v) is 19.0. The van der Waals surface area contributed by atoms with Crippen LogP contribution in [0.2, 0.25) is 0 Å². The number of carbonyl (C=O) groups is 1. The quantitative estimate of drug-likeness (QED) is 0.584. The number of aryl methyl sites for hydroxylation is 2. The Labute approximate surface area is 186 Å². The van der Waals surface area contributed by atoms with Gasteiger partial charge in [0, 0.05) is 29.5 Å². The first-order valence-electron chi connectivity index (χ1n) is 10.0. The van der Waals surface area contributed by atoms with Crippen LogP contribution in [0.1, 0.15) is 24.5 Å². The van der Waals surface area contributed by atoms with E-state index in [-0.39, 0.29) is 16.8 Å². The molecule has 1 aliphatic rings. The minimum absolute atomic E-state index is 0.106. The smallest absolute Gasteiger partial charge is 0.263 e. The molecule has 0 bridgehead atoms. The normalized spacial score (nSPS) is 14.6. The van der Waals surface area contributed by atoms with Crippen molar-refractivity contribution >= 4 is 43.8 Å². The molecular formula is C22H24N4O3S2. The summed E-state index contributed by atoms with van der Waals surface area (Å²) in [7, 11) is -3.72. The summed E-state index contributed by atoms with van der Waals surface area (Å²) < 4.78 is 27.3. The largest absolute Gasteiger partial charge is 0.360 e. The van der Waals surface area contributed by atoms with E-state index in [9.17, 15) is 13.2 Å². The van der Waals surface area contributed by atoms with E-state index in [1.54, 1.807) is 17.5 Å². The van der Waals surface area contributed by atoms with Crippen molar-refractivity contribution in [2.45, 2.75) is 37.6 Å². The molecule has 0 spiro atoms. The number of hydrogen-bond acceptors (Lipinski definition) is 6. The highest BCUT2D eigenvalue weighted by atomic mass is 32.2. The van der Waals surface area contributed by atoms with E-state index in [0.29, 0.717) is 10.8 Å². The molecule has 31 heavy (non-hydrogen) atoms. The van der Waals surface area contributed by atoms with Gasteiger partial charge in [-0.25, -0.2) is 13.4 Å². The molecule has 0 fully saturated rings. The Morgan fingerprint density at radius 1 is 1.19 bits per heavy atom. The zero-order valence-electron chi connectivity index (χ0n) is 17.3. The van der Waals surface area contributed by atoms with Crippen LogP contribution in [-0.2, 0) is 21.2 Å². The highest BCUT2D eigenvalue weighted by Crippen LogP contribution is 2.30. The average molecular weight is 457 g/mol. The molecule has 2 N–H and O–H groups in total. The standard InChI is InChI=1S/C22H24N4O3S2/c1-15-5-10-20-17(14-15)4-3-12-26(20)16(2)21(27)24-18-6-8-19(9-7-18)31(28,29)25-22-23-11-13-30-22/h5-11,13-14,16H,3-4,12H2,1-2H3,(H,23,25)(H,24,27). The molecule has 0 saturated heterocycles. The van der Waals surface area contributed by atoms with Crippen LogP contribution in [0.25, 0.3) is 0 Å². The molecule has 1 unspecified atom stereocenters. The van der Waals surface area contributed by atoms with Crippen LogP contribution >= 0.6 is 11.3 Å². The summed E-state index contributed by atoms with van der Waals surface area (Å²) in [5, 5.41) is 4.90. The van der Waals surface area contributed by atoms with E-state index in [0.717, 1.165) is 25.1 Å². The Kier molecular flexibility index (Phi) is 5.97. The lowest BCUT2D eigenvalue weighted by molar-refractivity contribution is -0.117. The maximum absolute atomic E-state index is 12.9. The first kappa shape index (κ1) is 21.3. The Balaban J connectivity index is 1.44. The number of rotatable bonds is 6. The van der Waals surface area contributed by atoms with Crippen molar-refractivity contribution in [3.63, 3.8) is 0 Å². The molecule has 3 aromatic rings. The van der Waals surface area contributed by atoms with Gasteiger partial charge in [-0.1, -0.05) is 17.7 Å². The maximum atomic E-state index is 12.9. The number of anilines is 3. The molecule has 2 heterocycles. The van der Waals surface area contributed by atoms with Crippen molar-refractivity contribution < 1.29 is 13.2 Å². The van der Waals surface area contributed by atoms with Crippen LogP contribution in [0.15, 0.2) is 58.9 Å². The van der Waals surface area contributed by atoms with Crippen LogP contribution in [0.3, 0.4) is 0 Å². The Morgan fingerprint density at radius 2 is 1.97 bits per heavy atom. The Bertz CT molecular complexity index is 1180. The van der Waals surface area contributed by atoms with Crippen LogP contribution < -0.4 is 14.9 Å². The number of aromatic nitrogens is 1. The lowest BCUT2D eigenvalue weighted by Crippen LogP contribution is -2.44. The van der Waals surface area contributed by atoms with Crippen LogP contribution in [0, 0.1) is 6.92 Å². The fourth-order valence-corrected chi connectivity index (χ4v) is 5.50. The number of nitrogens with zero attached hydrogens (tertiary/aromatic N) is 2. The van der Waals surface area contributed by atoms with Gasteiger partial charge in [0.2, 0.25) is 5.91 Å². The van der Waals surface area contributed by atoms with Crippen LogP contribution in [0.4, 0.5) is 16.5 Å². The average Bonchev–Trinajstić information content (AvgIpc) is 3.25. The van der Waals surface area contributed by atoms with E-state index >= 15 is 0 Å². The van der Waals surface area contributed by atoms with Gasteiger partial charge in [-0.05, 0) is 62.6 Å². The molecule has 0 saturated carbocycles. The second-order valence-electron chi connectivity index (χ2n) is 7.56. The van der Waals surface area contributed by atoms with Gasteiger partial charge < -0.3 is 10.2 Å². The number of amides is 1. The molecule has 162 valence electrons. The third kappa shape index (κ3) is 4.72. The molecule has 2 aromatic carbocycles. The highest BCUT2D eigenvalue weighted by molar-refractivity contribution is 7.93. The van der Waals surface area contributed by atoms with E-state index in [1.165, 1.54) is 40.8 Å². The molecule has 1 amide bonds. The number of sulfonamides is 1. The molecular weight excluding hydrogens is 432 g/mol. The Hall–Kier alpha value is -2.91. The predicted molar refractivity (Wildman–Crippen MR) is 124 cm³/mol. The van der Waals surface area contributed by atoms with Crippen molar-refractivity contribution in [3.8, 4) is 0 Å². The molecule has 1 aliphatic heterocycles. The van der Waals surface area contributed by atoms with Crippen molar-refractivity contribution in [1.82, 2.24) is 4.98 Å². The summed E-state index contributed by atoms with van der Waals surface area (Å²) in [5.41, 5.74) is 4.14. The maximum Gasteiger partial charge on any atom is 0.263 e. The first-order valence-corrected chi connectivity index (χ1v) is 12.4. The minimum atomic E-state index is -3.72. The number of nitrogens with one attached hydrogen (secondary N) is 2. The monoisotopic (exact) mass is 456 g/mol. The summed E-state index contributed by atoms with van der Waals surface area (Å²) in [5.74, 6) is -0.134. The van der Waals surface area contributed by atoms with E-state index in [1.807, 2.05) is 6.92 Å². The van der Waals surface area contributed by atoms with Gasteiger partial charge in [-0.3, -0.25) is 9.52 Å². The van der Waals surface area contributed by atoms with Gasteiger partial charge in [0.25, 0.3) is 10.0 Å². The van der Waals surface area contributed by atoms with E-state index in [2.05, 4.69) is 45.0 Å². The molecule has 0 radical (unpaired) electrons. The van der Waals surface area contributed by atoms with Crippen molar-refractivity contribution in [2.75, 3.05) is 21.5 Å². The SMILES string of the molecule is Cc1ccc2c(c1)CCCN2C(C)C(=O)Nc1ccc(S(=O)(=O)Nc2nccs2)cc1. The third-order valence-electron chi connectivity index (χ3n) is 5.32. The number of thiazole rings is 1. The minimum Gasteiger partial charge on any atom is -0.360 e. The lowest BCUT2D eigenvalue weighted by atomic mass is 9.98. The Morgan fingerprint density at radius 3 is 2.68 bits per heavy atom. The molecule has 0 aliphatic carbocycles. The van der Waals surface area contributed by atoms with Crippen molar-refractivity contribution in [2.24, 2.45) is 0 Å². The van der Waals surface area contributed by atoms with Gasteiger partial charge in [-0.2, -0.15) is 0 Å². The lowest BCUT2D eigenvalue weighted by Gasteiger charge is -2.35. The molecule has 1 atom stereocenters. The number of fused-ring (bicyclic) bond motifs is 1. The van der Waals surface area contributed by atoms with Gasteiger partial charge in [0.1, 0.15) is 6.04 Å². The fraction of sp³-hybridized carbons (Fsp3) is 0.273. The second-order valence-corrected chi connectivity index (χ2v) is 10.1. The predicted octanol–water partition coefficient (Wildman–Crippen LogP) is 4.03. The summed E-state index contributed by atoms with van der Waals surface area (Å²) in [6.07, 6.45) is 3.56. The first-order chi connectivity index (χ1) is 14.8. The summed E-state index contributed by atoms with van der Waals surface area (Å²) in [6.45, 7) is 4.79. The van der Waals surface area contributed by atoms with E-state index in [4.69, 9.17) is 0 Å². The van der Waals surface area contributed by atoms with Crippen LogP contribution in [0.5, 0.6) is 0 Å². The summed E-state index contributed by atoms with van der Waals surface area (Å²) in [6, 6.07) is 12.1. The third-order valence-corrected chi connectivity index (χ3v) is 7.50. The summed E-state index contributed by atoms with van der Waals surface area (Å²) in [4.78, 5) is 19.1. The van der Waals surface area contributed by atoms with Crippen LogP contribution in [-0.4, -0.2) is 31.9 Å². The number of carbonyl (C=O) groups excluding carboxylic acids is 1.